The van der Waals surface area contributed by atoms with Crippen LogP contribution in [0.5, 0.6) is 11.5 Å². The third-order valence-corrected chi connectivity index (χ3v) is 2.89. The van der Waals surface area contributed by atoms with E-state index in [1.54, 1.807) is 38.5 Å². The summed E-state index contributed by atoms with van der Waals surface area (Å²) in [5.41, 5.74) is 6.45. The highest BCUT2D eigenvalue weighted by Gasteiger charge is 2.09. The van der Waals surface area contributed by atoms with Gasteiger partial charge in [-0.2, -0.15) is 0 Å². The van der Waals surface area contributed by atoms with Gasteiger partial charge in [0.15, 0.2) is 11.5 Å². The third-order valence-electron chi connectivity index (χ3n) is 2.89. The first-order chi connectivity index (χ1) is 9.56. The first-order valence-electron chi connectivity index (χ1n) is 5.87. The molecule has 0 saturated heterocycles. The first-order valence-corrected chi connectivity index (χ1v) is 5.87. The number of hydrogen-bond acceptors (Lipinski definition) is 4. The number of pyridine rings is 1. The van der Waals surface area contributed by atoms with E-state index < -0.39 is 5.56 Å². The van der Waals surface area contributed by atoms with Gasteiger partial charge < -0.3 is 20.2 Å². The molecule has 20 heavy (non-hydrogen) atoms. The van der Waals surface area contributed by atoms with Crippen LogP contribution in [0.3, 0.4) is 0 Å². The summed E-state index contributed by atoms with van der Waals surface area (Å²) < 4.78 is 10.4. The Kier molecular flexibility index (Phi) is 3.74. The Morgan fingerprint density at radius 1 is 1.15 bits per heavy atom. The summed E-state index contributed by atoms with van der Waals surface area (Å²) in [6.45, 7) is 0. The van der Waals surface area contributed by atoms with Gasteiger partial charge in [-0.3, -0.25) is 10.2 Å². The summed E-state index contributed by atoms with van der Waals surface area (Å²) >= 11 is 0. The van der Waals surface area contributed by atoms with E-state index in [1.807, 2.05) is 0 Å². The molecule has 0 aliphatic heterocycles. The fraction of sp³-hybridized carbons (Fsp3) is 0.143. The van der Waals surface area contributed by atoms with Crippen LogP contribution in [0.25, 0.3) is 11.3 Å². The number of rotatable bonds is 4. The Hall–Kier alpha value is -2.76. The molecule has 0 spiro atoms. The second-order valence-electron chi connectivity index (χ2n) is 4.10. The average molecular weight is 273 g/mol. The van der Waals surface area contributed by atoms with Gasteiger partial charge in [-0.05, 0) is 30.3 Å². The van der Waals surface area contributed by atoms with E-state index in [-0.39, 0.29) is 11.4 Å². The number of ether oxygens (including phenoxy) is 2. The number of methoxy groups -OCH3 is 2. The third kappa shape index (κ3) is 2.49. The van der Waals surface area contributed by atoms with Gasteiger partial charge in [0, 0.05) is 11.3 Å². The van der Waals surface area contributed by atoms with Gasteiger partial charge in [-0.25, -0.2) is 0 Å². The Morgan fingerprint density at radius 2 is 1.85 bits per heavy atom. The van der Waals surface area contributed by atoms with Crippen LogP contribution in [0.15, 0.2) is 35.1 Å². The van der Waals surface area contributed by atoms with Crippen molar-refractivity contribution in [1.29, 1.82) is 5.41 Å². The van der Waals surface area contributed by atoms with Crippen molar-refractivity contribution < 1.29 is 9.47 Å². The number of benzene rings is 1. The molecule has 6 nitrogen and oxygen atoms in total. The molecule has 0 atom stereocenters. The second kappa shape index (κ2) is 5.48. The summed E-state index contributed by atoms with van der Waals surface area (Å²) in [4.78, 5) is 14.5. The van der Waals surface area contributed by atoms with Gasteiger partial charge in [-0.15, -0.1) is 0 Å². The van der Waals surface area contributed by atoms with Crippen LogP contribution >= 0.6 is 0 Å². The fourth-order valence-corrected chi connectivity index (χ4v) is 1.86. The molecule has 0 amide bonds. The van der Waals surface area contributed by atoms with Crippen molar-refractivity contribution in [2.24, 2.45) is 5.73 Å². The molecule has 1 heterocycles. The van der Waals surface area contributed by atoms with E-state index in [0.717, 1.165) is 5.56 Å². The zero-order valence-corrected chi connectivity index (χ0v) is 11.2. The Bertz CT molecular complexity index is 707. The lowest BCUT2D eigenvalue weighted by Gasteiger charge is -2.10. The van der Waals surface area contributed by atoms with Crippen molar-refractivity contribution in [3.05, 3.63) is 46.2 Å². The summed E-state index contributed by atoms with van der Waals surface area (Å²) in [6.07, 6.45) is 0. The molecule has 4 N–H and O–H groups in total. The molecular weight excluding hydrogens is 258 g/mol. The predicted octanol–water partition coefficient (Wildman–Crippen LogP) is 1.34. The largest absolute Gasteiger partial charge is 0.493 e. The minimum Gasteiger partial charge on any atom is -0.493 e. The Balaban J connectivity index is 2.49. The normalized spacial score (nSPS) is 10.1. The van der Waals surface area contributed by atoms with Crippen molar-refractivity contribution in [3.63, 3.8) is 0 Å². The maximum Gasteiger partial charge on any atom is 0.259 e. The molecule has 0 aliphatic carbocycles. The van der Waals surface area contributed by atoms with Crippen molar-refractivity contribution >= 4 is 5.84 Å². The summed E-state index contributed by atoms with van der Waals surface area (Å²) in [7, 11) is 3.10. The highest BCUT2D eigenvalue weighted by Crippen LogP contribution is 2.31. The quantitative estimate of drug-likeness (QED) is 0.578. The van der Waals surface area contributed by atoms with Crippen LogP contribution < -0.4 is 20.8 Å². The maximum absolute atomic E-state index is 11.8. The summed E-state index contributed by atoms with van der Waals surface area (Å²) in [5, 5.41) is 7.29. The van der Waals surface area contributed by atoms with Gasteiger partial charge in [0.1, 0.15) is 5.84 Å². The maximum atomic E-state index is 11.8. The molecule has 1 aromatic heterocycles. The van der Waals surface area contributed by atoms with E-state index in [1.165, 1.54) is 6.07 Å². The number of hydrogen-bond donors (Lipinski definition) is 3. The van der Waals surface area contributed by atoms with E-state index in [0.29, 0.717) is 17.2 Å². The van der Waals surface area contributed by atoms with Gasteiger partial charge >= 0.3 is 0 Å². The number of nitrogen functional groups attached to an aromatic ring is 1. The Labute approximate surface area is 115 Å². The molecule has 6 heteroatoms. The smallest absolute Gasteiger partial charge is 0.259 e. The lowest BCUT2D eigenvalue weighted by molar-refractivity contribution is 0.355. The Morgan fingerprint density at radius 3 is 2.40 bits per heavy atom. The topological polar surface area (TPSA) is 101 Å². The minimum absolute atomic E-state index is 0.147. The number of aromatic nitrogens is 1. The van der Waals surface area contributed by atoms with Crippen LogP contribution in [0, 0.1) is 5.41 Å². The molecule has 0 saturated carbocycles. The van der Waals surface area contributed by atoms with Crippen LogP contribution in [0.1, 0.15) is 5.56 Å². The van der Waals surface area contributed by atoms with E-state index in [9.17, 15) is 4.79 Å². The molecule has 0 radical (unpaired) electrons. The molecule has 1 aromatic carbocycles. The molecule has 104 valence electrons. The summed E-state index contributed by atoms with van der Waals surface area (Å²) in [6, 6.07) is 8.54. The first kappa shape index (κ1) is 13.7. The van der Waals surface area contributed by atoms with Crippen LogP contribution in [-0.4, -0.2) is 25.0 Å². The van der Waals surface area contributed by atoms with Crippen molar-refractivity contribution in [2.75, 3.05) is 14.2 Å². The van der Waals surface area contributed by atoms with E-state index in [2.05, 4.69) is 4.98 Å². The van der Waals surface area contributed by atoms with E-state index >= 15 is 0 Å². The number of H-pyrrole nitrogens is 1. The standard InChI is InChI=1S/C14H15N3O3/c1-19-11-6-3-8(7-12(11)20-2)10-5-4-9(13(15)16)14(18)17-10/h3-7H,1-2H3,(H3,15,16)(H,17,18). The van der Waals surface area contributed by atoms with Crippen molar-refractivity contribution in [3.8, 4) is 22.8 Å². The molecule has 2 rings (SSSR count). The highest BCUT2D eigenvalue weighted by atomic mass is 16.5. The molecule has 0 aliphatic rings. The lowest BCUT2D eigenvalue weighted by Crippen LogP contribution is -2.23. The van der Waals surface area contributed by atoms with Gasteiger partial charge in [0.05, 0.1) is 19.8 Å². The zero-order chi connectivity index (χ0) is 14.7. The van der Waals surface area contributed by atoms with Crippen molar-refractivity contribution in [2.45, 2.75) is 0 Å². The summed E-state index contributed by atoms with van der Waals surface area (Å²) in [5.74, 6) is 0.922. The van der Waals surface area contributed by atoms with Gasteiger partial charge in [0.25, 0.3) is 5.56 Å². The average Bonchev–Trinajstić information content (AvgIpc) is 2.45. The molecule has 0 fully saturated rings. The molecular formula is C14H15N3O3. The minimum atomic E-state index is -0.398. The monoisotopic (exact) mass is 273 g/mol. The zero-order valence-electron chi connectivity index (χ0n) is 11.2. The van der Waals surface area contributed by atoms with Crippen LogP contribution in [0.4, 0.5) is 0 Å². The molecule has 2 aromatic rings. The van der Waals surface area contributed by atoms with Gasteiger partial charge in [0.2, 0.25) is 0 Å². The van der Waals surface area contributed by atoms with Crippen LogP contribution in [0.2, 0.25) is 0 Å². The number of amidine groups is 1. The number of nitrogens with one attached hydrogen (secondary N) is 2. The lowest BCUT2D eigenvalue weighted by atomic mass is 10.1. The van der Waals surface area contributed by atoms with Gasteiger partial charge in [-0.1, -0.05) is 0 Å². The highest BCUT2D eigenvalue weighted by molar-refractivity contribution is 5.94. The predicted molar refractivity (Wildman–Crippen MR) is 76.6 cm³/mol. The molecule has 0 bridgehead atoms. The fourth-order valence-electron chi connectivity index (χ4n) is 1.86. The number of aromatic amines is 1. The molecule has 0 unspecified atom stereocenters. The SMILES string of the molecule is COc1ccc(-c2ccc(C(=N)N)c(=O)[nH]2)cc1OC. The van der Waals surface area contributed by atoms with E-state index in [4.69, 9.17) is 20.6 Å². The van der Waals surface area contributed by atoms with Crippen LogP contribution in [-0.2, 0) is 0 Å². The van der Waals surface area contributed by atoms with Crippen molar-refractivity contribution in [1.82, 2.24) is 4.98 Å². The number of nitrogens with two attached hydrogens (primary N) is 1. The second-order valence-corrected chi connectivity index (χ2v) is 4.10.